The van der Waals surface area contributed by atoms with Crippen LogP contribution in [0.3, 0.4) is 0 Å². The first-order valence-electron chi connectivity index (χ1n) is 4.81. The van der Waals surface area contributed by atoms with E-state index >= 15 is 0 Å². The van der Waals surface area contributed by atoms with Crippen LogP contribution in [0.2, 0.25) is 6.32 Å². The maximum Gasteiger partial charge on any atom is 0.152 e. The fraction of sp³-hybridized carbons (Fsp3) is 0.818. The highest BCUT2D eigenvalue weighted by molar-refractivity contribution is 6.45. The molecule has 0 aromatic rings. The van der Waals surface area contributed by atoms with Gasteiger partial charge in [-0.05, 0) is 10.8 Å². The third-order valence-electron chi connectivity index (χ3n) is 2.24. The van der Waals surface area contributed by atoms with Crippen molar-refractivity contribution in [1.82, 2.24) is 0 Å². The lowest BCUT2D eigenvalue weighted by Gasteiger charge is -2.24. The van der Waals surface area contributed by atoms with Gasteiger partial charge in [-0.3, -0.25) is 0 Å². The molecule has 0 heterocycles. The lowest BCUT2D eigenvalue weighted by atomic mass is 9.54. The van der Waals surface area contributed by atoms with E-state index < -0.39 is 0 Å². The second-order valence-corrected chi connectivity index (χ2v) is 5.91. The van der Waals surface area contributed by atoms with Crippen molar-refractivity contribution in [2.45, 2.75) is 47.9 Å². The first kappa shape index (κ1) is 11.8. The van der Waals surface area contributed by atoms with Gasteiger partial charge < -0.3 is 0 Å². The number of allylic oxidation sites excluding steroid dienone is 1. The zero-order valence-corrected chi connectivity index (χ0v) is 9.62. The molecule has 0 N–H and O–H groups in total. The van der Waals surface area contributed by atoms with E-state index in [4.69, 9.17) is 0 Å². The second kappa shape index (κ2) is 3.68. The highest BCUT2D eigenvalue weighted by atomic mass is 14.1. The molecule has 0 saturated carbocycles. The average molecular weight is 166 g/mol. The summed E-state index contributed by atoms with van der Waals surface area (Å²) in [5.74, 6) is 0. The molecule has 0 unspecified atom stereocenters. The Balaban J connectivity index is 3.90. The summed E-state index contributed by atoms with van der Waals surface area (Å²) in [7, 11) is 1.16. The minimum absolute atomic E-state index is 0.283. The Kier molecular flexibility index (Phi) is 3.62. The van der Waals surface area contributed by atoms with Crippen molar-refractivity contribution in [1.29, 1.82) is 0 Å². The van der Waals surface area contributed by atoms with Crippen LogP contribution >= 0.6 is 0 Å². The van der Waals surface area contributed by atoms with Crippen molar-refractivity contribution in [3.8, 4) is 0 Å². The Labute approximate surface area is 78.7 Å². The monoisotopic (exact) mass is 166 g/mol. The maximum atomic E-state index is 4.13. The zero-order chi connectivity index (χ0) is 9.99. The Morgan fingerprint density at radius 1 is 1.08 bits per heavy atom. The second-order valence-electron chi connectivity index (χ2n) is 5.91. The largest absolute Gasteiger partial charge is 0.152 e. The summed E-state index contributed by atoms with van der Waals surface area (Å²) in [4.78, 5) is 0. The fourth-order valence-corrected chi connectivity index (χ4v) is 0.901. The molecule has 0 aliphatic carbocycles. The fourth-order valence-electron chi connectivity index (χ4n) is 0.901. The smallest absolute Gasteiger partial charge is 0.108 e. The third kappa shape index (κ3) is 5.45. The summed E-state index contributed by atoms with van der Waals surface area (Å²) >= 11 is 0. The third-order valence-corrected chi connectivity index (χ3v) is 2.24. The summed E-state index contributed by atoms with van der Waals surface area (Å²) in [5.41, 5.74) is 2.09. The molecule has 0 atom stereocenters. The van der Waals surface area contributed by atoms with E-state index in [1.54, 1.807) is 0 Å². The predicted octanol–water partition coefficient (Wildman–Crippen LogP) is 3.45. The summed E-state index contributed by atoms with van der Waals surface area (Å²) in [6, 6.07) is 0. The van der Waals surface area contributed by atoms with Crippen LogP contribution in [-0.2, 0) is 0 Å². The Hall–Kier alpha value is -0.195. The standard InChI is InChI=1S/C11H23B/c1-9(11(5,6)7)12-8-10(2,3)4/h12H,1,8H2,2-7H3. The molecule has 0 nitrogen and oxygen atoms in total. The highest BCUT2D eigenvalue weighted by Gasteiger charge is 2.18. The van der Waals surface area contributed by atoms with Crippen LogP contribution in [0, 0.1) is 10.8 Å². The van der Waals surface area contributed by atoms with Gasteiger partial charge >= 0.3 is 0 Å². The SMILES string of the molecule is C=C(BCC(C)(C)C)C(C)(C)C. The zero-order valence-electron chi connectivity index (χ0n) is 9.62. The highest BCUT2D eigenvalue weighted by Crippen LogP contribution is 2.27. The number of rotatable bonds is 2. The minimum Gasteiger partial charge on any atom is -0.108 e. The van der Waals surface area contributed by atoms with E-state index in [0.29, 0.717) is 5.41 Å². The van der Waals surface area contributed by atoms with Crippen LogP contribution < -0.4 is 0 Å². The number of hydrogen-bond donors (Lipinski definition) is 0. The molecule has 0 bridgehead atoms. The van der Waals surface area contributed by atoms with Crippen molar-refractivity contribution < 1.29 is 0 Å². The first-order chi connectivity index (χ1) is 5.13. The van der Waals surface area contributed by atoms with Gasteiger partial charge in [0.1, 0.15) is 0 Å². The van der Waals surface area contributed by atoms with Gasteiger partial charge in [0.25, 0.3) is 0 Å². The normalized spacial score (nSPS) is 12.8. The van der Waals surface area contributed by atoms with Gasteiger partial charge in [-0.15, -0.1) is 12.1 Å². The van der Waals surface area contributed by atoms with E-state index in [1.165, 1.54) is 11.8 Å². The molecule has 0 saturated heterocycles. The molecule has 12 heavy (non-hydrogen) atoms. The van der Waals surface area contributed by atoms with E-state index in [9.17, 15) is 0 Å². The molecule has 70 valence electrons. The average Bonchev–Trinajstić information content (AvgIpc) is 1.78. The van der Waals surface area contributed by atoms with Gasteiger partial charge in [0.2, 0.25) is 0 Å². The quantitative estimate of drug-likeness (QED) is 0.551. The predicted molar refractivity (Wildman–Crippen MR) is 60.0 cm³/mol. The summed E-state index contributed by atoms with van der Waals surface area (Å²) in [6.45, 7) is 17.7. The molecule has 0 radical (unpaired) electrons. The molecule has 0 spiro atoms. The lowest BCUT2D eigenvalue weighted by molar-refractivity contribution is 0.463. The van der Waals surface area contributed by atoms with Crippen molar-refractivity contribution in [3.63, 3.8) is 0 Å². The maximum absolute atomic E-state index is 4.13. The molecule has 0 aromatic heterocycles. The minimum atomic E-state index is 0.283. The van der Waals surface area contributed by atoms with Crippen LogP contribution in [-0.4, -0.2) is 7.28 Å². The summed E-state index contributed by atoms with van der Waals surface area (Å²) < 4.78 is 0. The lowest BCUT2D eigenvalue weighted by Crippen LogP contribution is -2.18. The summed E-state index contributed by atoms with van der Waals surface area (Å²) in [6.07, 6.45) is 1.24. The molecule has 1 heteroatoms. The van der Waals surface area contributed by atoms with E-state index in [0.717, 1.165) is 7.28 Å². The molecular weight excluding hydrogens is 143 g/mol. The Bertz CT molecular complexity index is 155. The first-order valence-corrected chi connectivity index (χ1v) is 4.81. The van der Waals surface area contributed by atoms with Gasteiger partial charge in [-0.2, -0.15) is 0 Å². The van der Waals surface area contributed by atoms with Gasteiger partial charge in [0, 0.05) is 0 Å². The number of hydrogen-bond acceptors (Lipinski definition) is 0. The molecule has 0 aromatic carbocycles. The molecule has 0 aliphatic heterocycles. The molecule has 0 rings (SSSR count). The van der Waals surface area contributed by atoms with Crippen molar-refractivity contribution in [3.05, 3.63) is 12.1 Å². The molecule has 0 amide bonds. The Morgan fingerprint density at radius 2 is 1.50 bits per heavy atom. The van der Waals surface area contributed by atoms with Gasteiger partial charge in [-0.25, -0.2) is 0 Å². The van der Waals surface area contributed by atoms with Gasteiger partial charge in [0.15, 0.2) is 7.28 Å². The van der Waals surface area contributed by atoms with E-state index in [2.05, 4.69) is 48.1 Å². The summed E-state index contributed by atoms with van der Waals surface area (Å²) in [5, 5.41) is 0. The molecule has 0 aliphatic rings. The van der Waals surface area contributed by atoms with Crippen molar-refractivity contribution in [2.75, 3.05) is 0 Å². The Morgan fingerprint density at radius 3 is 1.75 bits per heavy atom. The van der Waals surface area contributed by atoms with Gasteiger partial charge in [0.05, 0.1) is 0 Å². The van der Waals surface area contributed by atoms with E-state index in [1.807, 2.05) is 0 Å². The van der Waals surface area contributed by atoms with Crippen LogP contribution in [0.15, 0.2) is 12.1 Å². The molecular formula is C11H23B. The van der Waals surface area contributed by atoms with Crippen LogP contribution in [0.25, 0.3) is 0 Å². The molecule has 0 fully saturated rings. The van der Waals surface area contributed by atoms with Crippen molar-refractivity contribution >= 4 is 7.28 Å². The van der Waals surface area contributed by atoms with Crippen LogP contribution in [0.4, 0.5) is 0 Å². The van der Waals surface area contributed by atoms with Crippen LogP contribution in [0.1, 0.15) is 41.5 Å². The van der Waals surface area contributed by atoms with Crippen molar-refractivity contribution in [2.24, 2.45) is 10.8 Å². The van der Waals surface area contributed by atoms with E-state index in [-0.39, 0.29) is 5.41 Å². The van der Waals surface area contributed by atoms with Gasteiger partial charge in [-0.1, -0.05) is 47.9 Å². The van der Waals surface area contributed by atoms with Crippen LogP contribution in [0.5, 0.6) is 0 Å². The topological polar surface area (TPSA) is 0 Å².